The van der Waals surface area contributed by atoms with Crippen molar-refractivity contribution in [2.24, 2.45) is 0 Å². The monoisotopic (exact) mass is 299 g/mol. The van der Waals surface area contributed by atoms with Crippen LogP contribution in [-0.4, -0.2) is 27.6 Å². The average molecular weight is 299 g/mol. The summed E-state index contributed by atoms with van der Waals surface area (Å²) < 4.78 is 0. The van der Waals surface area contributed by atoms with Gasteiger partial charge in [0.1, 0.15) is 6.61 Å². The zero-order chi connectivity index (χ0) is 14.7. The Hall–Kier alpha value is -2.23. The molecule has 2 heterocycles. The molecular formula is C15H13N3O2S. The molecule has 0 bridgehead atoms. The molecule has 2 aromatic rings. The molecule has 5 nitrogen and oxygen atoms in total. The van der Waals surface area contributed by atoms with Crippen molar-refractivity contribution in [1.29, 1.82) is 0 Å². The van der Waals surface area contributed by atoms with E-state index < -0.39 is 0 Å². The Morgan fingerprint density at radius 3 is 3.19 bits per heavy atom. The molecule has 3 rings (SSSR count). The van der Waals surface area contributed by atoms with Crippen molar-refractivity contribution >= 4 is 22.4 Å². The summed E-state index contributed by atoms with van der Waals surface area (Å²) in [5, 5.41) is 12.2. The predicted molar refractivity (Wildman–Crippen MR) is 80.3 cm³/mol. The number of thiazole rings is 1. The van der Waals surface area contributed by atoms with E-state index in [1.54, 1.807) is 12.3 Å². The maximum absolute atomic E-state index is 12.3. The van der Waals surface area contributed by atoms with Crippen LogP contribution in [0.15, 0.2) is 18.5 Å². The van der Waals surface area contributed by atoms with Crippen LogP contribution in [0.4, 0.5) is 5.13 Å². The highest BCUT2D eigenvalue weighted by molar-refractivity contribution is 7.16. The van der Waals surface area contributed by atoms with E-state index in [2.05, 4.69) is 27.1 Å². The van der Waals surface area contributed by atoms with Crippen molar-refractivity contribution in [3.05, 3.63) is 40.2 Å². The molecule has 6 heteroatoms. The minimum absolute atomic E-state index is 0.255. The number of aliphatic hydroxyl groups is 1. The third-order valence-electron chi connectivity index (χ3n) is 3.18. The fourth-order valence-electron chi connectivity index (χ4n) is 2.24. The SMILES string of the molecule is O=C(Nc1nc2c(s1)CCC2)c1ccncc1C#CCO. The molecule has 2 N–H and O–H groups in total. The van der Waals surface area contributed by atoms with Crippen LogP contribution >= 0.6 is 11.3 Å². The number of aliphatic hydroxyl groups excluding tert-OH is 1. The van der Waals surface area contributed by atoms with E-state index in [1.165, 1.54) is 22.4 Å². The topological polar surface area (TPSA) is 75.1 Å². The van der Waals surface area contributed by atoms with Crippen molar-refractivity contribution in [1.82, 2.24) is 9.97 Å². The normalized spacial score (nSPS) is 12.4. The van der Waals surface area contributed by atoms with Crippen molar-refractivity contribution in [3.8, 4) is 11.8 Å². The van der Waals surface area contributed by atoms with Gasteiger partial charge in [-0.2, -0.15) is 0 Å². The second-order valence-electron chi connectivity index (χ2n) is 4.58. The summed E-state index contributed by atoms with van der Waals surface area (Å²) in [7, 11) is 0. The summed E-state index contributed by atoms with van der Waals surface area (Å²) in [4.78, 5) is 22.0. The molecule has 0 saturated carbocycles. The summed E-state index contributed by atoms with van der Waals surface area (Å²) in [6.07, 6.45) is 6.24. The number of carbonyl (C=O) groups excluding carboxylic acids is 1. The molecule has 0 aromatic carbocycles. The van der Waals surface area contributed by atoms with Gasteiger partial charge in [-0.15, -0.1) is 11.3 Å². The second kappa shape index (κ2) is 6.04. The lowest BCUT2D eigenvalue weighted by atomic mass is 10.1. The highest BCUT2D eigenvalue weighted by Crippen LogP contribution is 2.30. The number of amides is 1. The first-order chi connectivity index (χ1) is 10.3. The lowest BCUT2D eigenvalue weighted by Crippen LogP contribution is -2.13. The molecule has 1 aliphatic rings. The van der Waals surface area contributed by atoms with Crippen LogP contribution in [0, 0.1) is 11.8 Å². The van der Waals surface area contributed by atoms with Gasteiger partial charge in [0.2, 0.25) is 0 Å². The van der Waals surface area contributed by atoms with Crippen LogP contribution in [0.25, 0.3) is 0 Å². The minimum Gasteiger partial charge on any atom is -0.384 e. The van der Waals surface area contributed by atoms with E-state index in [9.17, 15) is 4.79 Å². The number of hydrogen-bond acceptors (Lipinski definition) is 5. The molecule has 21 heavy (non-hydrogen) atoms. The Morgan fingerprint density at radius 1 is 1.48 bits per heavy atom. The number of hydrogen-bond donors (Lipinski definition) is 2. The summed E-state index contributed by atoms with van der Waals surface area (Å²) in [5.41, 5.74) is 2.03. The summed E-state index contributed by atoms with van der Waals surface area (Å²) in [5.74, 6) is 5.00. The zero-order valence-electron chi connectivity index (χ0n) is 11.2. The predicted octanol–water partition coefficient (Wildman–Crippen LogP) is 1.62. The summed E-state index contributed by atoms with van der Waals surface area (Å²) in [6.45, 7) is -0.255. The van der Waals surface area contributed by atoms with Gasteiger partial charge >= 0.3 is 0 Å². The fraction of sp³-hybridized carbons (Fsp3) is 0.267. The number of anilines is 1. The minimum atomic E-state index is -0.257. The number of pyridine rings is 1. The average Bonchev–Trinajstić information content (AvgIpc) is 3.06. The van der Waals surface area contributed by atoms with Crippen molar-refractivity contribution in [3.63, 3.8) is 0 Å². The van der Waals surface area contributed by atoms with Crippen LogP contribution in [0.2, 0.25) is 0 Å². The molecule has 0 fully saturated rings. The van der Waals surface area contributed by atoms with E-state index in [0.29, 0.717) is 16.3 Å². The Kier molecular flexibility index (Phi) is 3.95. The standard InChI is InChI=1S/C15H13N3O2S/c19-8-2-3-10-9-16-7-6-11(10)14(20)18-15-17-12-4-1-5-13(12)21-15/h6-7,9,19H,1,4-5,8H2,(H,17,18,20). The molecule has 0 unspecified atom stereocenters. The Labute approximate surface area is 126 Å². The first-order valence-electron chi connectivity index (χ1n) is 6.61. The molecule has 0 saturated heterocycles. The van der Waals surface area contributed by atoms with E-state index in [1.807, 2.05) is 0 Å². The second-order valence-corrected chi connectivity index (χ2v) is 5.66. The van der Waals surface area contributed by atoms with E-state index in [4.69, 9.17) is 5.11 Å². The number of nitrogens with one attached hydrogen (secondary N) is 1. The van der Waals surface area contributed by atoms with Gasteiger partial charge in [-0.25, -0.2) is 4.98 Å². The van der Waals surface area contributed by atoms with Crippen molar-refractivity contribution in [2.45, 2.75) is 19.3 Å². The van der Waals surface area contributed by atoms with Crippen LogP contribution in [-0.2, 0) is 12.8 Å². The van der Waals surface area contributed by atoms with Gasteiger partial charge in [0, 0.05) is 17.3 Å². The Morgan fingerprint density at radius 2 is 2.38 bits per heavy atom. The molecule has 0 atom stereocenters. The third kappa shape index (κ3) is 2.94. The van der Waals surface area contributed by atoms with Gasteiger partial charge in [0.25, 0.3) is 5.91 Å². The highest BCUT2D eigenvalue weighted by atomic mass is 32.1. The number of carbonyl (C=O) groups is 1. The third-order valence-corrected chi connectivity index (χ3v) is 4.26. The molecule has 106 valence electrons. The zero-order valence-corrected chi connectivity index (χ0v) is 12.0. The lowest BCUT2D eigenvalue weighted by molar-refractivity contribution is 0.102. The first kappa shape index (κ1) is 13.7. The van der Waals surface area contributed by atoms with Crippen LogP contribution in [0.5, 0.6) is 0 Å². The fourth-order valence-corrected chi connectivity index (χ4v) is 3.28. The number of fused-ring (bicyclic) bond motifs is 1. The van der Waals surface area contributed by atoms with Crippen LogP contribution < -0.4 is 5.32 Å². The first-order valence-corrected chi connectivity index (χ1v) is 7.43. The van der Waals surface area contributed by atoms with Gasteiger partial charge < -0.3 is 5.11 Å². The maximum atomic E-state index is 12.3. The van der Waals surface area contributed by atoms with Crippen LogP contribution in [0.1, 0.15) is 32.9 Å². The van der Waals surface area contributed by atoms with Gasteiger partial charge in [0.05, 0.1) is 16.8 Å². The number of rotatable bonds is 2. The maximum Gasteiger partial charge on any atom is 0.258 e. The molecule has 1 amide bonds. The smallest absolute Gasteiger partial charge is 0.258 e. The van der Waals surface area contributed by atoms with Gasteiger partial charge in [0.15, 0.2) is 5.13 Å². The Bertz CT molecular complexity index is 721. The molecule has 0 spiro atoms. The van der Waals surface area contributed by atoms with E-state index in [-0.39, 0.29) is 12.5 Å². The van der Waals surface area contributed by atoms with Gasteiger partial charge in [-0.05, 0) is 25.3 Å². The number of aromatic nitrogens is 2. The molecule has 0 aliphatic heterocycles. The number of aryl methyl sites for hydroxylation is 2. The van der Waals surface area contributed by atoms with Crippen molar-refractivity contribution < 1.29 is 9.90 Å². The highest BCUT2D eigenvalue weighted by Gasteiger charge is 2.18. The Balaban J connectivity index is 1.81. The van der Waals surface area contributed by atoms with Gasteiger partial charge in [-0.3, -0.25) is 15.1 Å². The molecule has 1 aliphatic carbocycles. The van der Waals surface area contributed by atoms with Gasteiger partial charge in [-0.1, -0.05) is 11.8 Å². The van der Waals surface area contributed by atoms with E-state index in [0.717, 1.165) is 25.0 Å². The number of nitrogens with zero attached hydrogens (tertiary/aromatic N) is 2. The quantitative estimate of drug-likeness (QED) is 0.826. The lowest BCUT2D eigenvalue weighted by Gasteiger charge is -2.03. The molecular weight excluding hydrogens is 286 g/mol. The summed E-state index contributed by atoms with van der Waals surface area (Å²) in [6, 6.07) is 1.61. The van der Waals surface area contributed by atoms with Crippen molar-refractivity contribution in [2.75, 3.05) is 11.9 Å². The molecule has 0 radical (unpaired) electrons. The van der Waals surface area contributed by atoms with Crippen LogP contribution in [0.3, 0.4) is 0 Å². The summed E-state index contributed by atoms with van der Waals surface area (Å²) >= 11 is 1.53. The van der Waals surface area contributed by atoms with E-state index >= 15 is 0 Å². The molecule has 2 aromatic heterocycles. The largest absolute Gasteiger partial charge is 0.384 e.